The summed E-state index contributed by atoms with van der Waals surface area (Å²) < 4.78 is 67.0. The van der Waals surface area contributed by atoms with E-state index in [0.29, 0.717) is 6.07 Å². The number of halogens is 6. The van der Waals surface area contributed by atoms with Crippen LogP contribution in [0.15, 0.2) is 6.07 Å². The van der Waals surface area contributed by atoms with Crippen LogP contribution in [0.4, 0.5) is 22.0 Å². The molecule has 0 aliphatic carbocycles. The van der Waals surface area contributed by atoms with Crippen molar-refractivity contribution >= 4 is 33.2 Å². The normalized spacial score (nSPS) is 12.6. The van der Waals surface area contributed by atoms with Crippen molar-refractivity contribution in [2.75, 3.05) is 7.11 Å². The van der Waals surface area contributed by atoms with Gasteiger partial charge in [0.2, 0.25) is 0 Å². The number of hydrogen-bond donors (Lipinski definition) is 0. The van der Waals surface area contributed by atoms with E-state index >= 15 is 0 Å². The number of hydrogen-bond acceptors (Lipinski definition) is 3. The average molecular weight is 353 g/mol. The molecule has 0 unspecified atom stereocenters. The van der Waals surface area contributed by atoms with E-state index in [1.807, 2.05) is 0 Å². The highest BCUT2D eigenvalue weighted by molar-refractivity contribution is 9.08. The first-order valence-electron chi connectivity index (χ1n) is 4.37. The van der Waals surface area contributed by atoms with Gasteiger partial charge >= 0.3 is 18.1 Å². The summed E-state index contributed by atoms with van der Waals surface area (Å²) >= 11 is 2.99. The molecule has 102 valence electrons. The van der Waals surface area contributed by atoms with Crippen molar-refractivity contribution in [3.63, 3.8) is 0 Å². The molecular formula is C9H6BrF5O2S. The number of ether oxygens (including phenoxy) is 1. The smallest absolute Gasteiger partial charge is 0.458 e. The third-order valence-corrected chi connectivity index (χ3v) is 3.82. The number of esters is 1. The van der Waals surface area contributed by atoms with E-state index in [2.05, 4.69) is 20.7 Å². The molecule has 9 heteroatoms. The lowest BCUT2D eigenvalue weighted by Gasteiger charge is -2.17. The summed E-state index contributed by atoms with van der Waals surface area (Å²) in [5.41, 5.74) is 0.0331. The average Bonchev–Trinajstić information content (AvgIpc) is 2.70. The minimum Gasteiger partial charge on any atom is -0.465 e. The van der Waals surface area contributed by atoms with Gasteiger partial charge in [-0.15, -0.1) is 11.3 Å². The predicted molar refractivity (Wildman–Crippen MR) is 58.2 cm³/mol. The van der Waals surface area contributed by atoms with Crippen LogP contribution in [0.25, 0.3) is 0 Å². The third kappa shape index (κ3) is 2.66. The second-order valence-electron chi connectivity index (χ2n) is 3.16. The molecule has 0 fully saturated rings. The molecule has 0 aliphatic rings. The van der Waals surface area contributed by atoms with Crippen molar-refractivity contribution in [3.8, 4) is 0 Å². The largest absolute Gasteiger partial charge is 0.465 e. The van der Waals surface area contributed by atoms with Gasteiger partial charge in [-0.2, -0.15) is 22.0 Å². The van der Waals surface area contributed by atoms with Crippen molar-refractivity contribution in [2.45, 2.75) is 17.4 Å². The Kier molecular flexibility index (Phi) is 4.37. The lowest BCUT2D eigenvalue weighted by Crippen LogP contribution is -2.32. The van der Waals surface area contributed by atoms with E-state index in [1.165, 1.54) is 0 Å². The van der Waals surface area contributed by atoms with Crippen LogP contribution in [0, 0.1) is 0 Å². The van der Waals surface area contributed by atoms with Crippen LogP contribution < -0.4 is 0 Å². The van der Waals surface area contributed by atoms with Crippen molar-refractivity contribution in [1.82, 2.24) is 0 Å². The SMILES string of the molecule is COC(=O)c1sc(C(F)(F)C(F)(F)F)cc1CBr. The number of thiophene rings is 1. The zero-order chi connectivity index (χ0) is 14.1. The number of carbonyl (C=O) groups excluding carboxylic acids is 1. The molecule has 0 saturated carbocycles. The molecule has 0 atom stereocenters. The number of alkyl halides is 6. The first kappa shape index (κ1) is 15.4. The molecule has 1 rings (SSSR count). The number of rotatable bonds is 3. The van der Waals surface area contributed by atoms with Crippen LogP contribution in [0.5, 0.6) is 0 Å². The fourth-order valence-electron chi connectivity index (χ4n) is 1.09. The Hall–Kier alpha value is -0.700. The first-order chi connectivity index (χ1) is 8.15. The molecular weight excluding hydrogens is 347 g/mol. The van der Waals surface area contributed by atoms with Crippen LogP contribution in [-0.4, -0.2) is 19.3 Å². The third-order valence-electron chi connectivity index (χ3n) is 1.99. The van der Waals surface area contributed by atoms with Gasteiger partial charge in [0.25, 0.3) is 0 Å². The predicted octanol–water partition coefficient (Wildman–Crippen LogP) is 4.08. The summed E-state index contributed by atoms with van der Waals surface area (Å²) in [6, 6.07) is 0.652. The van der Waals surface area contributed by atoms with Gasteiger partial charge in [0, 0.05) is 5.33 Å². The maximum atomic E-state index is 13.1. The summed E-state index contributed by atoms with van der Waals surface area (Å²) in [5, 5.41) is -0.0259. The molecule has 0 aliphatic heterocycles. The van der Waals surface area contributed by atoms with Crippen molar-refractivity contribution in [2.24, 2.45) is 0 Å². The summed E-state index contributed by atoms with van der Waals surface area (Å²) in [6.07, 6.45) is -5.70. The number of methoxy groups -OCH3 is 1. The molecule has 0 spiro atoms. The monoisotopic (exact) mass is 352 g/mol. The summed E-state index contributed by atoms with van der Waals surface area (Å²) in [5.74, 6) is -5.93. The minimum atomic E-state index is -5.70. The first-order valence-corrected chi connectivity index (χ1v) is 6.31. The molecule has 0 saturated heterocycles. The summed E-state index contributed by atoms with van der Waals surface area (Å²) in [6.45, 7) is 0. The second-order valence-corrected chi connectivity index (χ2v) is 4.78. The number of carbonyl (C=O) groups is 1. The highest BCUT2D eigenvalue weighted by Gasteiger charge is 2.59. The standard InChI is InChI=1S/C9H6BrF5O2S/c1-17-7(16)6-4(3-10)2-5(18-6)8(11,12)9(13,14)15/h2H,3H2,1H3. The Bertz CT molecular complexity index is 454. The van der Waals surface area contributed by atoms with E-state index in [4.69, 9.17) is 0 Å². The Balaban J connectivity index is 3.29. The molecule has 1 heterocycles. The van der Waals surface area contributed by atoms with Crippen molar-refractivity contribution < 1.29 is 31.5 Å². The quantitative estimate of drug-likeness (QED) is 0.465. The van der Waals surface area contributed by atoms with E-state index in [1.54, 1.807) is 0 Å². The Morgan fingerprint density at radius 2 is 1.94 bits per heavy atom. The fourth-order valence-corrected chi connectivity index (χ4v) is 2.81. The van der Waals surface area contributed by atoms with Gasteiger partial charge in [-0.1, -0.05) is 15.9 Å². The lowest BCUT2D eigenvalue weighted by atomic mass is 10.2. The van der Waals surface area contributed by atoms with Crippen LogP contribution in [-0.2, 0) is 16.0 Å². The zero-order valence-corrected chi connectivity index (χ0v) is 11.2. The summed E-state index contributed by atoms with van der Waals surface area (Å²) in [7, 11) is 1.02. The molecule has 0 amide bonds. The van der Waals surface area contributed by atoms with E-state index < -0.39 is 22.9 Å². The van der Waals surface area contributed by atoms with Crippen LogP contribution in [0.1, 0.15) is 20.1 Å². The van der Waals surface area contributed by atoms with E-state index in [9.17, 15) is 26.7 Å². The highest BCUT2D eigenvalue weighted by Crippen LogP contribution is 2.47. The van der Waals surface area contributed by atoms with E-state index in [-0.39, 0.29) is 27.1 Å². The van der Waals surface area contributed by atoms with Gasteiger partial charge in [-0.3, -0.25) is 0 Å². The highest BCUT2D eigenvalue weighted by atomic mass is 79.9. The molecule has 18 heavy (non-hydrogen) atoms. The van der Waals surface area contributed by atoms with Gasteiger partial charge in [0.05, 0.1) is 12.0 Å². The van der Waals surface area contributed by atoms with Crippen molar-refractivity contribution in [1.29, 1.82) is 0 Å². The van der Waals surface area contributed by atoms with Crippen molar-refractivity contribution in [3.05, 3.63) is 21.4 Å². The Morgan fingerprint density at radius 1 is 1.39 bits per heavy atom. The molecule has 0 N–H and O–H groups in total. The minimum absolute atomic E-state index is 0.0259. The van der Waals surface area contributed by atoms with Gasteiger partial charge in [0.15, 0.2) is 0 Å². The second kappa shape index (κ2) is 5.12. The fraction of sp³-hybridized carbons (Fsp3) is 0.444. The Labute approximate surface area is 111 Å². The molecule has 0 aromatic carbocycles. The van der Waals surface area contributed by atoms with Gasteiger partial charge < -0.3 is 4.74 Å². The van der Waals surface area contributed by atoms with Gasteiger partial charge in [-0.05, 0) is 11.6 Å². The van der Waals surface area contributed by atoms with Crippen LogP contribution in [0.2, 0.25) is 0 Å². The maximum absolute atomic E-state index is 13.1. The molecule has 1 aromatic heterocycles. The Morgan fingerprint density at radius 3 is 2.33 bits per heavy atom. The zero-order valence-electron chi connectivity index (χ0n) is 8.78. The lowest BCUT2D eigenvalue weighted by molar-refractivity contribution is -0.287. The molecule has 2 nitrogen and oxygen atoms in total. The van der Waals surface area contributed by atoms with Gasteiger partial charge in [0.1, 0.15) is 4.88 Å². The maximum Gasteiger partial charge on any atom is 0.458 e. The molecule has 0 radical (unpaired) electrons. The molecule has 1 aromatic rings. The summed E-state index contributed by atoms with van der Waals surface area (Å²) in [4.78, 5) is 9.72. The van der Waals surface area contributed by atoms with Crippen LogP contribution >= 0.6 is 27.3 Å². The van der Waals surface area contributed by atoms with Gasteiger partial charge in [-0.25, -0.2) is 4.79 Å². The van der Waals surface area contributed by atoms with E-state index in [0.717, 1.165) is 7.11 Å². The topological polar surface area (TPSA) is 26.3 Å². The molecule has 0 bridgehead atoms. The van der Waals surface area contributed by atoms with Crippen LogP contribution in [0.3, 0.4) is 0 Å².